The van der Waals surface area contributed by atoms with Gasteiger partial charge in [0.25, 0.3) is 5.91 Å². The molecule has 170 valence electrons. The van der Waals surface area contributed by atoms with E-state index < -0.39 is 5.97 Å². The first-order valence-corrected chi connectivity index (χ1v) is 11.5. The third-order valence-electron chi connectivity index (χ3n) is 6.24. The van der Waals surface area contributed by atoms with Gasteiger partial charge < -0.3 is 19.7 Å². The number of pyridine rings is 1. The van der Waals surface area contributed by atoms with Gasteiger partial charge in [-0.25, -0.2) is 4.79 Å². The van der Waals surface area contributed by atoms with E-state index >= 15 is 0 Å². The molecule has 0 atom stereocenters. The van der Waals surface area contributed by atoms with Gasteiger partial charge in [-0.15, -0.1) is 0 Å². The predicted molar refractivity (Wildman–Crippen MR) is 127 cm³/mol. The van der Waals surface area contributed by atoms with Crippen molar-refractivity contribution in [3.63, 3.8) is 0 Å². The number of hydrogen-bond donors (Lipinski definition) is 1. The number of hydrogen-bond acceptors (Lipinski definition) is 6. The predicted octanol–water partition coefficient (Wildman–Crippen LogP) is 3.75. The summed E-state index contributed by atoms with van der Waals surface area (Å²) in [6, 6.07) is 15.3. The van der Waals surface area contributed by atoms with E-state index in [1.807, 2.05) is 48.5 Å². The summed E-state index contributed by atoms with van der Waals surface area (Å²) < 4.78 is 10.8. The van der Waals surface area contributed by atoms with Crippen molar-refractivity contribution in [2.75, 3.05) is 43.1 Å². The van der Waals surface area contributed by atoms with Crippen molar-refractivity contribution in [3.8, 4) is 0 Å². The molecule has 0 radical (unpaired) electrons. The summed E-state index contributed by atoms with van der Waals surface area (Å²) in [6.07, 6.45) is 3.76. The lowest BCUT2D eigenvalue weighted by Crippen LogP contribution is -2.36. The Morgan fingerprint density at radius 3 is 2.58 bits per heavy atom. The van der Waals surface area contributed by atoms with Crippen LogP contribution in [0.4, 0.5) is 11.4 Å². The Morgan fingerprint density at radius 2 is 1.76 bits per heavy atom. The molecule has 1 aliphatic heterocycles. The first-order valence-electron chi connectivity index (χ1n) is 11.5. The number of aromatic nitrogens is 1. The molecule has 2 aromatic carbocycles. The van der Waals surface area contributed by atoms with Crippen molar-refractivity contribution >= 4 is 34.2 Å². The number of nitrogens with one attached hydrogen (secondary N) is 1. The molecule has 0 spiro atoms. The summed E-state index contributed by atoms with van der Waals surface area (Å²) in [5, 5.41) is 3.59. The Bertz CT molecular complexity index is 1170. The SMILES string of the molecule is O=C(COC(=O)c1c2c(nc3ccccc13)CCCC2)Nc1ccc(N2CCOCC2)cc1. The van der Waals surface area contributed by atoms with Crippen LogP contribution < -0.4 is 10.2 Å². The summed E-state index contributed by atoms with van der Waals surface area (Å²) in [4.78, 5) is 32.5. The third kappa shape index (κ3) is 4.68. The van der Waals surface area contributed by atoms with Crippen LogP contribution in [0.1, 0.15) is 34.5 Å². The van der Waals surface area contributed by atoms with E-state index in [9.17, 15) is 9.59 Å². The van der Waals surface area contributed by atoms with E-state index in [2.05, 4.69) is 10.2 Å². The number of para-hydroxylation sites is 1. The Hall–Kier alpha value is -3.45. The van der Waals surface area contributed by atoms with E-state index in [1.54, 1.807) is 0 Å². The fraction of sp³-hybridized carbons (Fsp3) is 0.346. The number of aryl methyl sites for hydroxylation is 1. The maximum atomic E-state index is 13.1. The van der Waals surface area contributed by atoms with E-state index in [0.717, 1.165) is 79.8 Å². The second-order valence-electron chi connectivity index (χ2n) is 8.41. The van der Waals surface area contributed by atoms with E-state index in [1.165, 1.54) is 0 Å². The topological polar surface area (TPSA) is 80.8 Å². The molecule has 1 fully saturated rings. The van der Waals surface area contributed by atoms with Gasteiger partial charge in [0.2, 0.25) is 0 Å². The second-order valence-corrected chi connectivity index (χ2v) is 8.41. The molecule has 33 heavy (non-hydrogen) atoms. The summed E-state index contributed by atoms with van der Waals surface area (Å²) in [5.74, 6) is -0.834. The monoisotopic (exact) mass is 445 g/mol. The molecule has 1 amide bonds. The minimum Gasteiger partial charge on any atom is -0.452 e. The molecule has 2 heterocycles. The molecule has 7 heteroatoms. The zero-order valence-electron chi connectivity index (χ0n) is 18.5. The highest BCUT2D eigenvalue weighted by molar-refractivity contribution is 6.06. The number of benzene rings is 2. The van der Waals surface area contributed by atoms with Crippen LogP contribution in [-0.2, 0) is 27.1 Å². The standard InChI is InChI=1S/C26H27N3O4/c30-24(27-18-9-11-19(12-10-18)29-13-15-32-16-14-29)17-33-26(31)25-20-5-1-3-7-22(20)28-23-8-4-2-6-21(23)25/h1,3,5,7,9-12H,2,4,6,8,13-17H2,(H,27,30). The van der Waals surface area contributed by atoms with E-state index in [0.29, 0.717) is 11.3 Å². The van der Waals surface area contributed by atoms with Crippen molar-refractivity contribution in [1.29, 1.82) is 0 Å². The normalized spacial score (nSPS) is 15.7. The number of morpholine rings is 1. The van der Waals surface area contributed by atoms with Crippen LogP contribution >= 0.6 is 0 Å². The Morgan fingerprint density at radius 1 is 1.00 bits per heavy atom. The fourth-order valence-electron chi connectivity index (χ4n) is 4.58. The molecule has 2 aliphatic rings. The minimum absolute atomic E-state index is 0.338. The Balaban J connectivity index is 1.25. The number of fused-ring (bicyclic) bond motifs is 2. The van der Waals surface area contributed by atoms with Crippen LogP contribution in [0.2, 0.25) is 0 Å². The highest BCUT2D eigenvalue weighted by Gasteiger charge is 2.24. The molecule has 1 aromatic heterocycles. The molecule has 3 aromatic rings. The van der Waals surface area contributed by atoms with Crippen LogP contribution in [0, 0.1) is 0 Å². The summed E-state index contributed by atoms with van der Waals surface area (Å²) in [6.45, 7) is 2.82. The quantitative estimate of drug-likeness (QED) is 0.603. The molecule has 1 saturated heterocycles. The van der Waals surface area contributed by atoms with E-state index in [4.69, 9.17) is 14.5 Å². The molecule has 0 unspecified atom stereocenters. The number of ether oxygens (including phenoxy) is 2. The maximum absolute atomic E-state index is 13.1. The number of rotatable bonds is 5. The van der Waals surface area contributed by atoms with Gasteiger partial charge in [0.1, 0.15) is 0 Å². The fourth-order valence-corrected chi connectivity index (χ4v) is 4.58. The third-order valence-corrected chi connectivity index (χ3v) is 6.24. The van der Waals surface area contributed by atoms with Gasteiger partial charge in [-0.2, -0.15) is 0 Å². The largest absolute Gasteiger partial charge is 0.452 e. The van der Waals surface area contributed by atoms with Gasteiger partial charge in [0.15, 0.2) is 6.61 Å². The first kappa shape index (κ1) is 21.4. The average Bonchev–Trinajstić information content (AvgIpc) is 2.87. The average molecular weight is 446 g/mol. The number of esters is 1. The zero-order valence-corrected chi connectivity index (χ0v) is 18.5. The second kappa shape index (κ2) is 9.58. The van der Waals surface area contributed by atoms with E-state index in [-0.39, 0.29) is 12.5 Å². The van der Waals surface area contributed by atoms with Crippen LogP contribution in [-0.4, -0.2) is 49.8 Å². The van der Waals surface area contributed by atoms with Crippen LogP contribution in [0.25, 0.3) is 10.9 Å². The van der Waals surface area contributed by atoms with Gasteiger partial charge in [-0.05, 0) is 61.6 Å². The van der Waals surface area contributed by atoms with Crippen molar-refractivity contribution in [2.24, 2.45) is 0 Å². The van der Waals surface area contributed by atoms with Gasteiger partial charge in [-0.1, -0.05) is 18.2 Å². The van der Waals surface area contributed by atoms with Gasteiger partial charge in [-0.3, -0.25) is 9.78 Å². The summed E-state index contributed by atoms with van der Waals surface area (Å²) in [7, 11) is 0. The van der Waals surface area contributed by atoms with Crippen LogP contribution in [0.15, 0.2) is 48.5 Å². The smallest absolute Gasteiger partial charge is 0.339 e. The van der Waals surface area contributed by atoms with Gasteiger partial charge in [0.05, 0.1) is 24.3 Å². The number of carbonyl (C=O) groups excluding carboxylic acids is 2. The van der Waals surface area contributed by atoms with Crippen molar-refractivity contribution < 1.29 is 19.1 Å². The lowest BCUT2D eigenvalue weighted by Gasteiger charge is -2.28. The molecule has 7 nitrogen and oxygen atoms in total. The minimum atomic E-state index is -0.468. The van der Waals surface area contributed by atoms with Crippen LogP contribution in [0.5, 0.6) is 0 Å². The van der Waals surface area contributed by atoms with Crippen molar-refractivity contribution in [1.82, 2.24) is 4.98 Å². The summed E-state index contributed by atoms with van der Waals surface area (Å²) in [5.41, 5.74) is 5.03. The summed E-state index contributed by atoms with van der Waals surface area (Å²) >= 11 is 0. The highest BCUT2D eigenvalue weighted by Crippen LogP contribution is 2.29. The molecule has 1 aliphatic carbocycles. The van der Waals surface area contributed by atoms with Crippen molar-refractivity contribution in [3.05, 3.63) is 65.4 Å². The number of nitrogens with zero attached hydrogens (tertiary/aromatic N) is 2. The zero-order chi connectivity index (χ0) is 22.6. The first-order chi connectivity index (χ1) is 16.2. The van der Waals surface area contributed by atoms with Crippen LogP contribution in [0.3, 0.4) is 0 Å². The Kier molecular flexibility index (Phi) is 6.21. The number of carbonyl (C=O) groups is 2. The van der Waals surface area contributed by atoms with Gasteiger partial charge in [0, 0.05) is 35.5 Å². The molecule has 1 N–H and O–H groups in total. The molecule has 5 rings (SSSR count). The molecule has 0 saturated carbocycles. The van der Waals surface area contributed by atoms with Crippen molar-refractivity contribution in [2.45, 2.75) is 25.7 Å². The highest BCUT2D eigenvalue weighted by atomic mass is 16.5. The number of amides is 1. The lowest BCUT2D eigenvalue weighted by atomic mass is 9.90. The molecular weight excluding hydrogens is 418 g/mol. The lowest BCUT2D eigenvalue weighted by molar-refractivity contribution is -0.119. The Labute approximate surface area is 192 Å². The maximum Gasteiger partial charge on any atom is 0.339 e. The molecule has 0 bridgehead atoms. The number of anilines is 2. The molecular formula is C26H27N3O4. The van der Waals surface area contributed by atoms with Gasteiger partial charge >= 0.3 is 5.97 Å².